The molecule has 0 amide bonds. The Morgan fingerprint density at radius 3 is 2.71 bits per heavy atom. The molecule has 1 aromatic carbocycles. The Hall–Kier alpha value is -1.33. The molecular formula is C12H14FN3S. The van der Waals surface area contributed by atoms with E-state index >= 15 is 0 Å². The lowest BCUT2D eigenvalue weighted by Gasteiger charge is -1.95. The van der Waals surface area contributed by atoms with Crippen molar-refractivity contribution in [1.82, 2.24) is 15.5 Å². The number of nitrogens with one attached hydrogen (secondary N) is 1. The predicted molar refractivity (Wildman–Crippen MR) is 67.6 cm³/mol. The Labute approximate surface area is 104 Å². The molecule has 0 unspecified atom stereocenters. The number of aryl methyl sites for hydroxylation is 1. The average Bonchev–Trinajstić information content (AvgIpc) is 2.79. The van der Waals surface area contributed by atoms with Crippen molar-refractivity contribution in [1.29, 1.82) is 0 Å². The molecule has 3 nitrogen and oxygen atoms in total. The minimum atomic E-state index is -0.229. The van der Waals surface area contributed by atoms with Gasteiger partial charge in [0, 0.05) is 12.0 Å². The van der Waals surface area contributed by atoms with E-state index in [9.17, 15) is 4.39 Å². The third-order valence-corrected chi connectivity index (χ3v) is 3.41. The van der Waals surface area contributed by atoms with Gasteiger partial charge in [-0.25, -0.2) is 4.39 Å². The van der Waals surface area contributed by atoms with Gasteiger partial charge >= 0.3 is 0 Å². The third kappa shape index (κ3) is 3.31. The second kappa shape index (κ2) is 5.84. The summed E-state index contributed by atoms with van der Waals surface area (Å²) in [7, 11) is 1.93. The molecule has 17 heavy (non-hydrogen) atoms. The number of hydrogen-bond acceptors (Lipinski definition) is 4. The van der Waals surface area contributed by atoms with Crippen LogP contribution in [0.5, 0.6) is 0 Å². The van der Waals surface area contributed by atoms with Crippen molar-refractivity contribution >= 4 is 11.3 Å². The Morgan fingerprint density at radius 2 is 2.00 bits per heavy atom. The van der Waals surface area contributed by atoms with Gasteiger partial charge in [-0.2, -0.15) is 0 Å². The van der Waals surface area contributed by atoms with Gasteiger partial charge < -0.3 is 5.32 Å². The van der Waals surface area contributed by atoms with E-state index < -0.39 is 0 Å². The van der Waals surface area contributed by atoms with E-state index in [-0.39, 0.29) is 5.82 Å². The molecule has 1 N–H and O–H groups in total. The van der Waals surface area contributed by atoms with Gasteiger partial charge in [0.25, 0.3) is 0 Å². The highest BCUT2D eigenvalue weighted by atomic mass is 32.1. The summed E-state index contributed by atoms with van der Waals surface area (Å²) in [5.41, 5.74) is 0.920. The maximum absolute atomic E-state index is 12.8. The van der Waals surface area contributed by atoms with Crippen LogP contribution >= 0.6 is 11.3 Å². The Kier molecular flexibility index (Phi) is 4.17. The first-order valence-corrected chi connectivity index (χ1v) is 6.34. The smallest absolute Gasteiger partial charge is 0.147 e. The summed E-state index contributed by atoms with van der Waals surface area (Å²) in [6, 6.07) is 6.34. The van der Waals surface area contributed by atoms with Gasteiger partial charge in [-0.15, -0.1) is 10.2 Å². The zero-order chi connectivity index (χ0) is 12.1. The fraction of sp³-hybridized carbons (Fsp3) is 0.333. The summed E-state index contributed by atoms with van der Waals surface area (Å²) >= 11 is 1.57. The zero-order valence-electron chi connectivity index (χ0n) is 9.61. The van der Waals surface area contributed by atoms with E-state index in [1.165, 1.54) is 12.1 Å². The topological polar surface area (TPSA) is 37.8 Å². The van der Waals surface area contributed by atoms with Crippen LogP contribution in [0.15, 0.2) is 24.3 Å². The first-order valence-electron chi connectivity index (χ1n) is 5.52. The fourth-order valence-electron chi connectivity index (χ4n) is 1.48. The van der Waals surface area contributed by atoms with Gasteiger partial charge in [0.1, 0.15) is 15.8 Å². The van der Waals surface area contributed by atoms with Crippen LogP contribution < -0.4 is 5.32 Å². The molecule has 0 saturated carbocycles. The minimum absolute atomic E-state index is 0.229. The van der Waals surface area contributed by atoms with Crippen molar-refractivity contribution in [3.63, 3.8) is 0 Å². The number of nitrogens with zero attached hydrogens (tertiary/aromatic N) is 2. The van der Waals surface area contributed by atoms with Gasteiger partial charge in [0.2, 0.25) is 0 Å². The lowest BCUT2D eigenvalue weighted by Crippen LogP contribution is -2.08. The number of rotatable bonds is 5. The standard InChI is InChI=1S/C12H14FN3S/c1-14-8-2-3-11-15-16-12(17-11)9-4-6-10(13)7-5-9/h4-7,14H,2-3,8H2,1H3. The molecular weight excluding hydrogens is 237 g/mol. The molecule has 0 aliphatic heterocycles. The molecule has 0 bridgehead atoms. The molecule has 2 rings (SSSR count). The largest absolute Gasteiger partial charge is 0.320 e. The molecule has 0 aliphatic rings. The van der Waals surface area contributed by atoms with Crippen LogP contribution in [0.4, 0.5) is 4.39 Å². The minimum Gasteiger partial charge on any atom is -0.320 e. The summed E-state index contributed by atoms with van der Waals surface area (Å²) in [4.78, 5) is 0. The van der Waals surface area contributed by atoms with Gasteiger partial charge in [-0.1, -0.05) is 11.3 Å². The Balaban J connectivity index is 2.04. The van der Waals surface area contributed by atoms with Crippen molar-refractivity contribution < 1.29 is 4.39 Å². The summed E-state index contributed by atoms with van der Waals surface area (Å²) in [6.07, 6.45) is 1.98. The van der Waals surface area contributed by atoms with Gasteiger partial charge in [0.05, 0.1) is 0 Å². The summed E-state index contributed by atoms with van der Waals surface area (Å²) in [6.45, 7) is 0.978. The highest BCUT2D eigenvalue weighted by Crippen LogP contribution is 2.24. The van der Waals surface area contributed by atoms with Crippen molar-refractivity contribution in [2.45, 2.75) is 12.8 Å². The van der Waals surface area contributed by atoms with E-state index in [4.69, 9.17) is 0 Å². The molecule has 0 saturated heterocycles. The van der Waals surface area contributed by atoms with E-state index in [0.29, 0.717) is 0 Å². The van der Waals surface area contributed by atoms with E-state index in [2.05, 4.69) is 15.5 Å². The van der Waals surface area contributed by atoms with Gasteiger partial charge in [-0.3, -0.25) is 0 Å². The first kappa shape index (κ1) is 12.1. The lowest BCUT2D eigenvalue weighted by molar-refractivity contribution is 0.628. The normalized spacial score (nSPS) is 10.7. The molecule has 0 spiro atoms. The van der Waals surface area contributed by atoms with Crippen LogP contribution in [0.1, 0.15) is 11.4 Å². The maximum atomic E-state index is 12.8. The van der Waals surface area contributed by atoms with Crippen LogP contribution in [0.2, 0.25) is 0 Å². The molecule has 0 radical (unpaired) electrons. The Morgan fingerprint density at radius 1 is 1.24 bits per heavy atom. The maximum Gasteiger partial charge on any atom is 0.147 e. The van der Waals surface area contributed by atoms with Crippen molar-refractivity contribution in [3.05, 3.63) is 35.1 Å². The fourth-order valence-corrected chi connectivity index (χ4v) is 2.37. The Bertz CT molecular complexity index is 467. The van der Waals surface area contributed by atoms with Gasteiger partial charge in [-0.05, 0) is 44.3 Å². The molecule has 1 heterocycles. The molecule has 90 valence electrons. The van der Waals surface area contributed by atoms with E-state index in [1.807, 2.05) is 7.05 Å². The first-order chi connectivity index (χ1) is 8.29. The van der Waals surface area contributed by atoms with Crippen LogP contribution in [-0.2, 0) is 6.42 Å². The van der Waals surface area contributed by atoms with Crippen LogP contribution in [0.3, 0.4) is 0 Å². The zero-order valence-corrected chi connectivity index (χ0v) is 10.4. The van der Waals surface area contributed by atoms with Crippen LogP contribution in [-0.4, -0.2) is 23.8 Å². The summed E-state index contributed by atoms with van der Waals surface area (Å²) in [5, 5.41) is 13.2. The molecule has 2 aromatic rings. The molecule has 0 atom stereocenters. The van der Waals surface area contributed by atoms with Gasteiger partial charge in [0.15, 0.2) is 0 Å². The molecule has 5 heteroatoms. The van der Waals surface area contributed by atoms with Crippen molar-refractivity contribution in [2.24, 2.45) is 0 Å². The average molecular weight is 251 g/mol. The van der Waals surface area contributed by atoms with E-state index in [0.717, 1.165) is 35.0 Å². The van der Waals surface area contributed by atoms with Crippen molar-refractivity contribution in [3.8, 4) is 10.6 Å². The molecule has 0 aliphatic carbocycles. The second-order valence-electron chi connectivity index (χ2n) is 3.71. The monoisotopic (exact) mass is 251 g/mol. The van der Waals surface area contributed by atoms with Crippen LogP contribution in [0.25, 0.3) is 10.6 Å². The lowest BCUT2D eigenvalue weighted by atomic mass is 10.2. The summed E-state index contributed by atoms with van der Waals surface area (Å²) < 4.78 is 12.8. The highest BCUT2D eigenvalue weighted by Gasteiger charge is 2.06. The third-order valence-electron chi connectivity index (χ3n) is 2.38. The molecule has 0 fully saturated rings. The highest BCUT2D eigenvalue weighted by molar-refractivity contribution is 7.14. The van der Waals surface area contributed by atoms with Crippen molar-refractivity contribution in [2.75, 3.05) is 13.6 Å². The summed E-state index contributed by atoms with van der Waals surface area (Å²) in [5.74, 6) is -0.229. The molecule has 1 aromatic heterocycles. The predicted octanol–water partition coefficient (Wildman–Crippen LogP) is 2.50. The number of aromatic nitrogens is 2. The number of halogens is 1. The number of hydrogen-bond donors (Lipinski definition) is 1. The SMILES string of the molecule is CNCCCc1nnc(-c2ccc(F)cc2)s1. The second-order valence-corrected chi connectivity index (χ2v) is 4.78. The van der Waals surface area contributed by atoms with E-state index in [1.54, 1.807) is 23.5 Å². The van der Waals surface area contributed by atoms with Crippen LogP contribution in [0, 0.1) is 5.82 Å². The number of benzene rings is 1. The quantitative estimate of drug-likeness (QED) is 0.830.